The highest BCUT2D eigenvalue weighted by atomic mass is 28.4. The van der Waals surface area contributed by atoms with E-state index in [4.69, 9.17) is 9.16 Å². The van der Waals surface area contributed by atoms with Gasteiger partial charge in [0.15, 0.2) is 0 Å². The number of hydrogen-bond acceptors (Lipinski definition) is 3. The number of hydrogen-bond donors (Lipinski definition) is 1. The van der Waals surface area contributed by atoms with Crippen LogP contribution in [0.25, 0.3) is 0 Å². The molecule has 0 aromatic heterocycles. The van der Waals surface area contributed by atoms with E-state index in [1.807, 2.05) is 18.2 Å². The quantitative estimate of drug-likeness (QED) is 0.835. The van der Waals surface area contributed by atoms with Gasteiger partial charge in [0.05, 0.1) is 12.7 Å². The largest absolute Gasteiger partial charge is 0.543 e. The molecule has 0 saturated carbocycles. The van der Waals surface area contributed by atoms with Gasteiger partial charge in [-0.15, -0.1) is 0 Å². The lowest BCUT2D eigenvalue weighted by Gasteiger charge is -2.36. The summed E-state index contributed by atoms with van der Waals surface area (Å²) in [5.74, 6) is 1.61. The Balaban J connectivity index is 2.24. The molecule has 1 unspecified atom stereocenters. The van der Waals surface area contributed by atoms with Crippen LogP contribution in [0.15, 0.2) is 18.2 Å². The molecule has 2 rings (SSSR count). The monoisotopic (exact) mass is 280 g/mol. The second-order valence-electron chi connectivity index (χ2n) is 6.71. The van der Waals surface area contributed by atoms with Crippen LogP contribution in [0.5, 0.6) is 11.5 Å². The molecule has 4 heteroatoms. The Hall–Kier alpha value is -1.00. The fourth-order valence-corrected chi connectivity index (χ4v) is 2.88. The lowest BCUT2D eigenvalue weighted by atomic mass is 10.0. The molecule has 1 atom stereocenters. The summed E-state index contributed by atoms with van der Waals surface area (Å²) >= 11 is 0. The molecule has 19 heavy (non-hydrogen) atoms. The molecule has 0 amide bonds. The zero-order valence-electron chi connectivity index (χ0n) is 12.5. The Morgan fingerprint density at radius 3 is 2.63 bits per heavy atom. The summed E-state index contributed by atoms with van der Waals surface area (Å²) in [7, 11) is -1.83. The first kappa shape index (κ1) is 14.4. The number of rotatable bonds is 2. The molecular formula is C15H24O3Si. The average molecular weight is 280 g/mol. The fraction of sp³-hybridized carbons (Fsp3) is 0.600. The number of fused-ring (bicyclic) bond motifs is 1. The maximum absolute atomic E-state index is 9.90. The van der Waals surface area contributed by atoms with Crippen molar-refractivity contribution < 1.29 is 14.3 Å². The van der Waals surface area contributed by atoms with Crippen molar-refractivity contribution in [3.8, 4) is 11.5 Å². The van der Waals surface area contributed by atoms with Crippen molar-refractivity contribution >= 4 is 8.32 Å². The van der Waals surface area contributed by atoms with Gasteiger partial charge in [-0.3, -0.25) is 0 Å². The Labute approximate surface area is 116 Å². The van der Waals surface area contributed by atoms with E-state index in [9.17, 15) is 5.11 Å². The molecule has 1 aliphatic rings. The van der Waals surface area contributed by atoms with Crippen LogP contribution in [-0.2, 0) is 0 Å². The van der Waals surface area contributed by atoms with Crippen molar-refractivity contribution in [2.45, 2.75) is 51.4 Å². The van der Waals surface area contributed by atoms with Gasteiger partial charge < -0.3 is 14.3 Å². The summed E-state index contributed by atoms with van der Waals surface area (Å²) in [5, 5.41) is 10.1. The molecular weight excluding hydrogens is 256 g/mol. The summed E-state index contributed by atoms with van der Waals surface area (Å²) in [4.78, 5) is 0. The number of aliphatic hydroxyl groups excluding tert-OH is 1. The molecule has 1 N–H and O–H groups in total. The van der Waals surface area contributed by atoms with Crippen molar-refractivity contribution in [1.29, 1.82) is 0 Å². The molecule has 1 aliphatic heterocycles. The minimum Gasteiger partial charge on any atom is -0.543 e. The van der Waals surface area contributed by atoms with E-state index in [1.54, 1.807) is 0 Å². The van der Waals surface area contributed by atoms with Crippen LogP contribution >= 0.6 is 0 Å². The lowest BCUT2D eigenvalue weighted by Crippen LogP contribution is -2.43. The number of ether oxygens (including phenoxy) is 1. The van der Waals surface area contributed by atoms with Crippen LogP contribution < -0.4 is 9.16 Å². The van der Waals surface area contributed by atoms with Crippen molar-refractivity contribution in [3.05, 3.63) is 23.8 Å². The minimum atomic E-state index is -1.83. The van der Waals surface area contributed by atoms with Gasteiger partial charge in [-0.2, -0.15) is 0 Å². The SMILES string of the molecule is CC(C)(C)[Si](C)(C)Oc1ccc2c(c1)OCCC2O. The van der Waals surface area contributed by atoms with Gasteiger partial charge in [0.2, 0.25) is 8.32 Å². The lowest BCUT2D eigenvalue weighted by molar-refractivity contribution is 0.115. The van der Waals surface area contributed by atoms with Crippen molar-refractivity contribution in [1.82, 2.24) is 0 Å². The van der Waals surface area contributed by atoms with Gasteiger partial charge in [-0.05, 0) is 30.3 Å². The topological polar surface area (TPSA) is 38.7 Å². The molecule has 1 aromatic rings. The summed E-state index contributed by atoms with van der Waals surface area (Å²) in [5.41, 5.74) is 0.869. The minimum absolute atomic E-state index is 0.170. The summed E-state index contributed by atoms with van der Waals surface area (Å²) in [6.45, 7) is 11.7. The number of benzene rings is 1. The standard InChI is InChI=1S/C15H24O3Si/c1-15(2,3)19(4,5)18-11-6-7-12-13(16)8-9-17-14(12)10-11/h6-7,10,13,16H,8-9H2,1-5H3. The van der Waals surface area contributed by atoms with E-state index in [-0.39, 0.29) is 5.04 Å². The van der Waals surface area contributed by atoms with Crippen LogP contribution in [0.3, 0.4) is 0 Å². The molecule has 3 nitrogen and oxygen atoms in total. The van der Waals surface area contributed by atoms with Gasteiger partial charge in [0.1, 0.15) is 11.5 Å². The maximum Gasteiger partial charge on any atom is 0.250 e. The molecule has 1 heterocycles. The first-order valence-electron chi connectivity index (χ1n) is 6.84. The molecule has 1 aromatic carbocycles. The highest BCUT2D eigenvalue weighted by molar-refractivity contribution is 6.74. The third-order valence-electron chi connectivity index (χ3n) is 4.17. The van der Waals surface area contributed by atoms with E-state index in [0.717, 1.165) is 17.1 Å². The summed E-state index contributed by atoms with van der Waals surface area (Å²) in [6.07, 6.45) is 0.251. The van der Waals surface area contributed by atoms with Crippen molar-refractivity contribution in [3.63, 3.8) is 0 Å². The highest BCUT2D eigenvalue weighted by Gasteiger charge is 2.39. The van der Waals surface area contributed by atoms with E-state index >= 15 is 0 Å². The Kier molecular flexibility index (Phi) is 3.67. The molecule has 0 spiro atoms. The average Bonchev–Trinajstić information content (AvgIpc) is 2.27. The van der Waals surface area contributed by atoms with Crippen molar-refractivity contribution in [2.24, 2.45) is 0 Å². The van der Waals surface area contributed by atoms with Gasteiger partial charge in [0, 0.05) is 18.1 Å². The van der Waals surface area contributed by atoms with E-state index in [0.29, 0.717) is 13.0 Å². The first-order valence-corrected chi connectivity index (χ1v) is 9.75. The van der Waals surface area contributed by atoms with Gasteiger partial charge in [0.25, 0.3) is 0 Å². The molecule has 0 saturated heterocycles. The Morgan fingerprint density at radius 1 is 1.32 bits per heavy atom. The Morgan fingerprint density at radius 2 is 2.00 bits per heavy atom. The predicted molar refractivity (Wildman–Crippen MR) is 79.3 cm³/mol. The molecule has 0 aliphatic carbocycles. The molecule has 0 fully saturated rings. The third kappa shape index (κ3) is 2.95. The van der Waals surface area contributed by atoms with E-state index in [2.05, 4.69) is 33.9 Å². The maximum atomic E-state index is 9.90. The second-order valence-corrected chi connectivity index (χ2v) is 11.4. The van der Waals surface area contributed by atoms with Gasteiger partial charge in [-0.1, -0.05) is 20.8 Å². The molecule has 0 bridgehead atoms. The van der Waals surface area contributed by atoms with Crippen LogP contribution in [0, 0.1) is 0 Å². The van der Waals surface area contributed by atoms with Crippen LogP contribution in [0.2, 0.25) is 18.1 Å². The van der Waals surface area contributed by atoms with Crippen LogP contribution in [0.1, 0.15) is 38.9 Å². The second kappa shape index (κ2) is 4.83. The third-order valence-corrected chi connectivity index (χ3v) is 8.53. The molecule has 106 valence electrons. The van der Waals surface area contributed by atoms with E-state index < -0.39 is 14.4 Å². The normalized spacial score (nSPS) is 19.6. The van der Waals surface area contributed by atoms with Crippen molar-refractivity contribution in [2.75, 3.05) is 6.61 Å². The van der Waals surface area contributed by atoms with Crippen LogP contribution in [-0.4, -0.2) is 20.0 Å². The van der Waals surface area contributed by atoms with Gasteiger partial charge in [-0.25, -0.2) is 0 Å². The van der Waals surface area contributed by atoms with Gasteiger partial charge >= 0.3 is 0 Å². The predicted octanol–water partition coefficient (Wildman–Crippen LogP) is 3.89. The van der Waals surface area contributed by atoms with Crippen LogP contribution in [0.4, 0.5) is 0 Å². The smallest absolute Gasteiger partial charge is 0.250 e. The summed E-state index contributed by atoms with van der Waals surface area (Å²) in [6, 6.07) is 5.77. The molecule has 0 radical (unpaired) electrons. The highest BCUT2D eigenvalue weighted by Crippen LogP contribution is 2.40. The Bertz CT molecular complexity index is 463. The first-order chi connectivity index (χ1) is 8.71. The zero-order valence-corrected chi connectivity index (χ0v) is 13.5. The fourth-order valence-electron chi connectivity index (χ4n) is 1.86. The van der Waals surface area contributed by atoms with E-state index in [1.165, 1.54) is 0 Å². The number of aliphatic hydroxyl groups is 1. The summed E-state index contributed by atoms with van der Waals surface area (Å²) < 4.78 is 11.9. The zero-order chi connectivity index (χ0) is 14.3.